The van der Waals surface area contributed by atoms with Crippen molar-refractivity contribution >= 4 is 38.2 Å². The smallest absolute Gasteiger partial charge is 0.340 e. The number of hydrogen-bond donors (Lipinski definition) is 2. The third-order valence-electron chi connectivity index (χ3n) is 8.01. The molecule has 1 fully saturated rings. The van der Waals surface area contributed by atoms with Gasteiger partial charge in [-0.2, -0.15) is 0 Å². The van der Waals surface area contributed by atoms with Gasteiger partial charge in [-0.1, -0.05) is 6.92 Å². The largest absolute Gasteiger partial charge is 0.474 e. The predicted molar refractivity (Wildman–Crippen MR) is 155 cm³/mol. The van der Waals surface area contributed by atoms with Crippen LogP contribution in [0.2, 0.25) is 0 Å². The molecule has 0 aromatic carbocycles. The third-order valence-corrected chi connectivity index (χ3v) is 9.09. The van der Waals surface area contributed by atoms with E-state index < -0.39 is 21.0 Å². The minimum atomic E-state index is -3.03. The molecule has 3 aromatic heterocycles. The summed E-state index contributed by atoms with van der Waals surface area (Å²) < 4.78 is 40.4. The van der Waals surface area contributed by atoms with Gasteiger partial charge >= 0.3 is 5.97 Å². The molecule has 2 aliphatic rings. The lowest BCUT2D eigenvalue weighted by molar-refractivity contribution is -0.0189. The van der Waals surface area contributed by atoms with Crippen LogP contribution in [0.15, 0.2) is 30.6 Å². The standard InChI is InChI=1S/C29H37N5O6S/c1-16-25-19(27(35)40-28(16,2)3)7-8-23(34-25)33-24-11-20-21(12-31-24)26(32-13-22(20)29(4,30)15-38-5)39-18-9-17(10-18)14-41(6,36)37/h7-8,11-13,16-18H,9-10,14-15,30H2,1-6H3,(H,31,33,34)/t16-,17-,18+,29-/m1/s1. The van der Waals surface area contributed by atoms with E-state index in [-0.39, 0.29) is 36.3 Å². The first kappa shape index (κ1) is 29.2. The average Bonchev–Trinajstić information content (AvgIpc) is 2.85. The molecule has 41 heavy (non-hydrogen) atoms. The lowest BCUT2D eigenvalue weighted by atomic mass is 9.84. The first-order valence-electron chi connectivity index (χ1n) is 13.6. The van der Waals surface area contributed by atoms with Gasteiger partial charge in [0.05, 0.1) is 34.5 Å². The van der Waals surface area contributed by atoms with Gasteiger partial charge in [0.2, 0.25) is 5.88 Å². The van der Waals surface area contributed by atoms with Crippen LogP contribution in [0.25, 0.3) is 10.8 Å². The highest BCUT2D eigenvalue weighted by Gasteiger charge is 2.40. The molecule has 0 unspecified atom stereocenters. The van der Waals surface area contributed by atoms with E-state index in [1.807, 2.05) is 33.8 Å². The molecule has 11 nitrogen and oxygen atoms in total. The van der Waals surface area contributed by atoms with E-state index >= 15 is 0 Å². The van der Waals surface area contributed by atoms with Gasteiger partial charge in [0.25, 0.3) is 0 Å². The molecule has 3 aromatic rings. The summed E-state index contributed by atoms with van der Waals surface area (Å²) in [5.41, 5.74) is 7.01. The number of hydrogen-bond acceptors (Lipinski definition) is 11. The van der Waals surface area contributed by atoms with Crippen molar-refractivity contribution in [3.63, 3.8) is 0 Å². The number of carbonyl (C=O) groups is 1. The molecule has 5 rings (SSSR count). The zero-order valence-electron chi connectivity index (χ0n) is 24.2. The van der Waals surface area contributed by atoms with Crippen molar-refractivity contribution in [3.8, 4) is 5.88 Å². The number of carbonyl (C=O) groups excluding carboxylic acids is 1. The van der Waals surface area contributed by atoms with Crippen molar-refractivity contribution in [2.45, 2.75) is 63.7 Å². The van der Waals surface area contributed by atoms with E-state index in [2.05, 4.69) is 15.3 Å². The summed E-state index contributed by atoms with van der Waals surface area (Å²) in [5, 5.41) is 4.74. The highest BCUT2D eigenvalue weighted by atomic mass is 32.2. The summed E-state index contributed by atoms with van der Waals surface area (Å²) in [7, 11) is -1.44. The number of esters is 1. The van der Waals surface area contributed by atoms with Gasteiger partial charge in [-0.15, -0.1) is 0 Å². The second-order valence-corrected chi connectivity index (χ2v) is 14.3. The number of nitrogens with zero attached hydrogens (tertiary/aromatic N) is 3. The Morgan fingerprint density at radius 1 is 1.17 bits per heavy atom. The molecule has 0 saturated heterocycles. The number of methoxy groups -OCH3 is 1. The SMILES string of the molecule is COC[C@@](C)(N)c1cnc(O[C@H]2C[C@@H](CS(C)(=O)=O)C2)c2cnc(Nc3ccc4c(n3)[C@@H](C)C(C)(C)OC4=O)cc12. The van der Waals surface area contributed by atoms with E-state index in [1.165, 1.54) is 6.26 Å². The monoisotopic (exact) mass is 583 g/mol. The number of aromatic nitrogens is 3. The number of nitrogens with one attached hydrogen (secondary N) is 1. The number of fused-ring (bicyclic) bond motifs is 2. The average molecular weight is 584 g/mol. The van der Waals surface area contributed by atoms with Gasteiger partial charge in [0.1, 0.15) is 33.2 Å². The summed E-state index contributed by atoms with van der Waals surface area (Å²) in [6.07, 6.45) is 5.80. The van der Waals surface area contributed by atoms with Crippen LogP contribution in [-0.2, 0) is 24.8 Å². The quantitative estimate of drug-likeness (QED) is 0.353. The first-order valence-corrected chi connectivity index (χ1v) is 15.7. The van der Waals surface area contributed by atoms with Crippen LogP contribution in [0, 0.1) is 5.92 Å². The van der Waals surface area contributed by atoms with E-state index in [4.69, 9.17) is 24.9 Å². The van der Waals surface area contributed by atoms with Crippen LogP contribution < -0.4 is 15.8 Å². The molecule has 4 heterocycles. The first-order chi connectivity index (χ1) is 19.2. The third kappa shape index (κ3) is 6.00. The number of anilines is 2. The Bertz CT molecular complexity index is 1600. The topological polar surface area (TPSA) is 156 Å². The number of pyridine rings is 3. The van der Waals surface area contributed by atoms with Crippen LogP contribution in [0.1, 0.15) is 68.1 Å². The Morgan fingerprint density at radius 3 is 2.59 bits per heavy atom. The molecule has 1 saturated carbocycles. The van der Waals surface area contributed by atoms with Gasteiger partial charge in [0.15, 0.2) is 0 Å². The van der Waals surface area contributed by atoms with Crippen molar-refractivity contribution in [1.82, 2.24) is 15.0 Å². The van der Waals surface area contributed by atoms with E-state index in [1.54, 1.807) is 31.6 Å². The lowest BCUT2D eigenvalue weighted by Crippen LogP contribution is -2.39. The Labute approximate surface area is 240 Å². The minimum absolute atomic E-state index is 0.0859. The Kier molecular flexibility index (Phi) is 7.46. The number of sulfone groups is 1. The summed E-state index contributed by atoms with van der Waals surface area (Å²) in [6, 6.07) is 5.31. The lowest BCUT2D eigenvalue weighted by Gasteiger charge is -2.36. The number of nitrogens with two attached hydrogens (primary N) is 1. The van der Waals surface area contributed by atoms with Crippen LogP contribution in [0.4, 0.5) is 11.6 Å². The van der Waals surface area contributed by atoms with Crippen molar-refractivity contribution < 1.29 is 27.4 Å². The highest BCUT2D eigenvalue weighted by molar-refractivity contribution is 7.90. The minimum Gasteiger partial charge on any atom is -0.474 e. The molecule has 1 aliphatic heterocycles. The molecule has 220 valence electrons. The van der Waals surface area contributed by atoms with Crippen LogP contribution in [-0.4, -0.2) is 66.8 Å². The molecular weight excluding hydrogens is 546 g/mol. The van der Waals surface area contributed by atoms with E-state index in [0.29, 0.717) is 47.0 Å². The predicted octanol–water partition coefficient (Wildman–Crippen LogP) is 3.84. The van der Waals surface area contributed by atoms with Crippen LogP contribution >= 0.6 is 0 Å². The van der Waals surface area contributed by atoms with Gasteiger partial charge in [0, 0.05) is 37.2 Å². The Morgan fingerprint density at radius 2 is 1.90 bits per heavy atom. The molecular formula is C29H37N5O6S. The molecule has 1 aliphatic carbocycles. The molecule has 2 atom stereocenters. The van der Waals surface area contributed by atoms with E-state index in [0.717, 1.165) is 10.9 Å². The second-order valence-electron chi connectivity index (χ2n) is 12.1. The summed E-state index contributed by atoms with van der Waals surface area (Å²) >= 11 is 0. The fourth-order valence-electron chi connectivity index (χ4n) is 5.49. The molecule has 0 spiro atoms. The zero-order chi connectivity index (χ0) is 29.7. The number of rotatable bonds is 9. The molecule has 0 radical (unpaired) electrons. The van der Waals surface area contributed by atoms with Crippen LogP contribution in [0.3, 0.4) is 0 Å². The highest BCUT2D eigenvalue weighted by Crippen LogP contribution is 2.39. The molecule has 0 amide bonds. The maximum atomic E-state index is 12.5. The Hall–Kier alpha value is -3.35. The van der Waals surface area contributed by atoms with Crippen molar-refractivity contribution in [3.05, 3.63) is 47.4 Å². The summed E-state index contributed by atoms with van der Waals surface area (Å²) in [5.74, 6) is 1.24. The Balaban J connectivity index is 1.46. The van der Waals surface area contributed by atoms with Crippen molar-refractivity contribution in [1.29, 1.82) is 0 Å². The number of ether oxygens (including phenoxy) is 3. The van der Waals surface area contributed by atoms with Crippen molar-refractivity contribution in [2.75, 3.05) is 31.0 Å². The summed E-state index contributed by atoms with van der Waals surface area (Å²) in [6.45, 7) is 7.87. The maximum Gasteiger partial charge on any atom is 0.340 e. The van der Waals surface area contributed by atoms with E-state index in [9.17, 15) is 13.2 Å². The molecule has 12 heteroatoms. The fraction of sp³-hybridized carbons (Fsp3) is 0.517. The molecule has 3 N–H and O–H groups in total. The van der Waals surface area contributed by atoms with Gasteiger partial charge in [-0.05, 0) is 63.1 Å². The van der Waals surface area contributed by atoms with Gasteiger partial charge in [-0.25, -0.2) is 28.2 Å². The van der Waals surface area contributed by atoms with Gasteiger partial charge in [-0.3, -0.25) is 0 Å². The summed E-state index contributed by atoms with van der Waals surface area (Å²) in [4.78, 5) is 26.4. The molecule has 0 bridgehead atoms. The second kappa shape index (κ2) is 10.5. The zero-order valence-corrected chi connectivity index (χ0v) is 25.0. The maximum absolute atomic E-state index is 12.5. The number of cyclic esters (lactones) is 1. The van der Waals surface area contributed by atoms with Gasteiger partial charge < -0.3 is 25.3 Å². The van der Waals surface area contributed by atoms with Crippen LogP contribution in [0.5, 0.6) is 5.88 Å². The fourth-order valence-corrected chi connectivity index (χ4v) is 6.62. The normalized spacial score (nSPS) is 23.2. The van der Waals surface area contributed by atoms with Crippen molar-refractivity contribution in [2.24, 2.45) is 11.7 Å².